The highest BCUT2D eigenvalue weighted by atomic mass is 16.7. The zero-order valence-corrected chi connectivity index (χ0v) is 21.1. The Morgan fingerprint density at radius 2 is 1.67 bits per heavy atom. The summed E-state index contributed by atoms with van der Waals surface area (Å²) in [5.41, 5.74) is 6.40. The molecule has 0 bridgehead atoms. The van der Waals surface area contributed by atoms with Crippen molar-refractivity contribution in [1.29, 1.82) is 0 Å². The van der Waals surface area contributed by atoms with Gasteiger partial charge in [-0.3, -0.25) is 19.3 Å². The van der Waals surface area contributed by atoms with Crippen LogP contribution in [0.4, 0.5) is 11.4 Å². The molecule has 10 nitrogen and oxygen atoms in total. The zero-order valence-electron chi connectivity index (χ0n) is 21.1. The summed E-state index contributed by atoms with van der Waals surface area (Å²) in [7, 11) is 0. The lowest BCUT2D eigenvalue weighted by Crippen LogP contribution is -2.39. The number of amides is 2. The Morgan fingerprint density at radius 1 is 0.949 bits per heavy atom. The van der Waals surface area contributed by atoms with Gasteiger partial charge in [-0.15, -0.1) is 0 Å². The second-order valence-electron chi connectivity index (χ2n) is 9.07. The Labute approximate surface area is 225 Å². The third-order valence-corrected chi connectivity index (χ3v) is 6.52. The molecule has 3 aromatic rings. The predicted octanol–water partition coefficient (Wildman–Crippen LogP) is 3.31. The van der Waals surface area contributed by atoms with Crippen molar-refractivity contribution < 1.29 is 29.1 Å². The molecule has 200 valence electrons. The normalized spacial score (nSPS) is 16.3. The summed E-state index contributed by atoms with van der Waals surface area (Å²) in [6, 6.07) is 20.7. The van der Waals surface area contributed by atoms with Crippen molar-refractivity contribution in [3.8, 4) is 0 Å². The number of morpholine rings is 1. The van der Waals surface area contributed by atoms with Crippen molar-refractivity contribution in [3.05, 3.63) is 95.1 Å². The first-order valence-electron chi connectivity index (χ1n) is 12.6. The molecule has 0 unspecified atom stereocenters. The molecule has 0 aromatic heterocycles. The van der Waals surface area contributed by atoms with Gasteiger partial charge in [0.15, 0.2) is 0 Å². The van der Waals surface area contributed by atoms with E-state index in [1.54, 1.807) is 30.3 Å². The van der Waals surface area contributed by atoms with Gasteiger partial charge in [0, 0.05) is 36.4 Å². The fraction of sp³-hybridized carbons (Fsp3) is 0.207. The summed E-state index contributed by atoms with van der Waals surface area (Å²) >= 11 is 0. The molecule has 0 spiro atoms. The van der Waals surface area contributed by atoms with E-state index in [9.17, 15) is 19.5 Å². The van der Waals surface area contributed by atoms with E-state index in [0.29, 0.717) is 60.1 Å². The minimum absolute atomic E-state index is 0.0865. The number of carbonyl (C=O) groups excluding carboxylic acids is 2. The number of hydrogen-bond acceptors (Lipinski definition) is 7. The number of carboxylic acids is 1. The molecule has 3 aromatic carbocycles. The predicted molar refractivity (Wildman–Crippen MR) is 146 cm³/mol. The summed E-state index contributed by atoms with van der Waals surface area (Å²) in [5, 5.41) is 15.4. The summed E-state index contributed by atoms with van der Waals surface area (Å²) in [6.07, 6.45) is 0. The third-order valence-electron chi connectivity index (χ3n) is 6.52. The van der Waals surface area contributed by atoms with E-state index in [4.69, 9.17) is 9.57 Å². The lowest BCUT2D eigenvalue weighted by molar-refractivity contribution is -0.110. The molecule has 5 rings (SSSR count). The van der Waals surface area contributed by atoms with Gasteiger partial charge < -0.3 is 20.5 Å². The molecule has 1 fully saturated rings. The number of ether oxygens (including phenoxy) is 1. The number of hydrogen-bond donors (Lipinski definition) is 4. The molecule has 0 atom stereocenters. The average molecular weight is 529 g/mol. The SMILES string of the molecule is O=C1Nc2cc(C(=O)O)ccc2C1=C(Nc1ccc(C(=O)NOCCN2CCOCC2)cc1)c1ccccc1. The standard InChI is InChI=1S/C29H28N4O6/c34-27(32-39-17-14-33-12-15-38-16-13-33)20-6-9-22(10-7-20)30-26(19-4-2-1-3-5-19)25-23-11-8-21(29(36)37)18-24(23)31-28(25)35/h1-11,18,30H,12-17H2,(H,31,35)(H,32,34)(H,36,37). The Bertz CT molecular complexity index is 1400. The van der Waals surface area contributed by atoms with Gasteiger partial charge in [-0.1, -0.05) is 36.4 Å². The van der Waals surface area contributed by atoms with Crippen LogP contribution in [0.25, 0.3) is 11.3 Å². The van der Waals surface area contributed by atoms with Crippen molar-refractivity contribution in [2.24, 2.45) is 0 Å². The first-order valence-corrected chi connectivity index (χ1v) is 12.6. The Morgan fingerprint density at radius 3 is 2.38 bits per heavy atom. The Kier molecular flexibility index (Phi) is 7.97. The van der Waals surface area contributed by atoms with Gasteiger partial charge in [-0.05, 0) is 42.0 Å². The van der Waals surface area contributed by atoms with Crippen LogP contribution in [0.3, 0.4) is 0 Å². The van der Waals surface area contributed by atoms with Crippen LogP contribution in [-0.4, -0.2) is 67.2 Å². The number of nitrogens with zero attached hydrogens (tertiary/aromatic N) is 1. The van der Waals surface area contributed by atoms with Crippen LogP contribution < -0.4 is 16.1 Å². The summed E-state index contributed by atoms with van der Waals surface area (Å²) in [4.78, 5) is 44.5. The number of fused-ring (bicyclic) bond motifs is 1. The summed E-state index contributed by atoms with van der Waals surface area (Å²) in [5.74, 6) is -1.77. The first kappa shape index (κ1) is 26.1. The number of benzene rings is 3. The van der Waals surface area contributed by atoms with Gasteiger partial charge in [0.1, 0.15) is 0 Å². The van der Waals surface area contributed by atoms with Gasteiger partial charge in [0.25, 0.3) is 11.8 Å². The number of anilines is 2. The van der Waals surface area contributed by atoms with E-state index in [2.05, 4.69) is 21.0 Å². The van der Waals surface area contributed by atoms with Gasteiger partial charge >= 0.3 is 5.97 Å². The van der Waals surface area contributed by atoms with E-state index in [0.717, 1.165) is 18.7 Å². The van der Waals surface area contributed by atoms with E-state index < -0.39 is 5.97 Å². The quantitative estimate of drug-likeness (QED) is 0.189. The molecule has 0 radical (unpaired) electrons. The Hall–Kier alpha value is -4.51. The van der Waals surface area contributed by atoms with Crippen LogP contribution >= 0.6 is 0 Å². The van der Waals surface area contributed by atoms with Crippen molar-refractivity contribution in [2.75, 3.05) is 50.1 Å². The lowest BCUT2D eigenvalue weighted by atomic mass is 9.99. The van der Waals surface area contributed by atoms with Crippen LogP contribution in [0.15, 0.2) is 72.8 Å². The first-order chi connectivity index (χ1) is 19.0. The maximum Gasteiger partial charge on any atom is 0.335 e. The maximum absolute atomic E-state index is 13.1. The molecule has 0 saturated carbocycles. The van der Waals surface area contributed by atoms with Crippen LogP contribution in [0.5, 0.6) is 0 Å². The monoisotopic (exact) mass is 528 g/mol. The number of nitrogens with one attached hydrogen (secondary N) is 3. The minimum atomic E-state index is -1.07. The van der Waals surface area contributed by atoms with Gasteiger partial charge in [0.05, 0.1) is 42.3 Å². The van der Waals surface area contributed by atoms with Gasteiger partial charge in [-0.25, -0.2) is 10.3 Å². The highest BCUT2D eigenvalue weighted by molar-refractivity contribution is 6.37. The second-order valence-corrected chi connectivity index (χ2v) is 9.07. The molecule has 39 heavy (non-hydrogen) atoms. The van der Waals surface area contributed by atoms with E-state index in [-0.39, 0.29) is 17.4 Å². The largest absolute Gasteiger partial charge is 0.478 e. The molecule has 2 amide bonds. The highest BCUT2D eigenvalue weighted by Gasteiger charge is 2.29. The number of rotatable bonds is 9. The average Bonchev–Trinajstić information content (AvgIpc) is 3.30. The molecule has 10 heteroatoms. The van der Waals surface area contributed by atoms with Crippen molar-refractivity contribution >= 4 is 40.4 Å². The van der Waals surface area contributed by atoms with Crippen molar-refractivity contribution in [2.45, 2.75) is 0 Å². The molecule has 4 N–H and O–H groups in total. The number of aromatic carboxylic acids is 1. The topological polar surface area (TPSA) is 129 Å². The molecule has 1 saturated heterocycles. The van der Waals surface area contributed by atoms with Crippen molar-refractivity contribution in [1.82, 2.24) is 10.4 Å². The zero-order chi connectivity index (χ0) is 27.2. The number of carboxylic acid groups (broad SMARTS) is 1. The lowest BCUT2D eigenvalue weighted by Gasteiger charge is -2.26. The smallest absolute Gasteiger partial charge is 0.335 e. The number of carbonyl (C=O) groups is 3. The van der Waals surface area contributed by atoms with Crippen LogP contribution in [-0.2, 0) is 14.4 Å². The third kappa shape index (κ3) is 6.15. The van der Waals surface area contributed by atoms with E-state index in [1.807, 2.05) is 30.3 Å². The Balaban J connectivity index is 1.32. The van der Waals surface area contributed by atoms with E-state index in [1.165, 1.54) is 12.1 Å². The molecule has 0 aliphatic carbocycles. The molecular weight excluding hydrogens is 500 g/mol. The fourth-order valence-electron chi connectivity index (χ4n) is 4.46. The molecular formula is C29H28N4O6. The maximum atomic E-state index is 13.1. The molecule has 2 aliphatic rings. The van der Waals surface area contributed by atoms with Gasteiger partial charge in [0.2, 0.25) is 0 Å². The number of hydroxylamine groups is 1. The minimum Gasteiger partial charge on any atom is -0.478 e. The molecule has 2 heterocycles. The summed E-state index contributed by atoms with van der Waals surface area (Å²) < 4.78 is 5.32. The van der Waals surface area contributed by atoms with Crippen LogP contribution in [0, 0.1) is 0 Å². The fourth-order valence-corrected chi connectivity index (χ4v) is 4.46. The second kappa shape index (κ2) is 11.9. The van der Waals surface area contributed by atoms with Crippen LogP contribution in [0.2, 0.25) is 0 Å². The van der Waals surface area contributed by atoms with E-state index >= 15 is 0 Å². The summed E-state index contributed by atoms with van der Waals surface area (Å²) in [6.45, 7) is 4.19. The van der Waals surface area contributed by atoms with Gasteiger partial charge in [-0.2, -0.15) is 0 Å². The van der Waals surface area contributed by atoms with Crippen molar-refractivity contribution in [3.63, 3.8) is 0 Å². The highest BCUT2D eigenvalue weighted by Crippen LogP contribution is 2.38. The van der Waals surface area contributed by atoms with Crippen LogP contribution in [0.1, 0.15) is 31.8 Å². The molecule has 2 aliphatic heterocycles.